The fraction of sp³-hybridized carbons (Fsp3) is 0. The van der Waals surface area contributed by atoms with Crippen molar-refractivity contribution in [2.75, 3.05) is 0 Å². The molecule has 4 aromatic heterocycles. The average molecular weight is 439 g/mol. The van der Waals surface area contributed by atoms with Gasteiger partial charge in [-0.1, -0.05) is 24.3 Å². The highest BCUT2D eigenvalue weighted by Gasteiger charge is 2.07. The molecule has 5 aromatic rings. The van der Waals surface area contributed by atoms with Crippen LogP contribution in [-0.2, 0) is 0 Å². The van der Waals surface area contributed by atoms with Gasteiger partial charge in [0, 0.05) is 49.6 Å². The number of aromatic nitrogens is 4. The van der Waals surface area contributed by atoms with Crippen LogP contribution >= 0.6 is 0 Å². The lowest BCUT2D eigenvalue weighted by Crippen LogP contribution is -1.90. The molecule has 4 heterocycles. The van der Waals surface area contributed by atoms with Gasteiger partial charge < -0.3 is 0 Å². The van der Waals surface area contributed by atoms with Crippen LogP contribution in [0, 0.1) is 0 Å². The third-order valence-electron chi connectivity index (χ3n) is 5.52. The molecule has 0 N–H and O–H groups in total. The molecule has 0 amide bonds. The van der Waals surface area contributed by atoms with E-state index >= 15 is 0 Å². The largest absolute Gasteiger partial charge is 0.265 e. The van der Waals surface area contributed by atoms with Gasteiger partial charge in [-0.25, -0.2) is 0 Å². The molecular formula is C30H22N4. The summed E-state index contributed by atoms with van der Waals surface area (Å²) in [7, 11) is 0. The summed E-state index contributed by atoms with van der Waals surface area (Å²) in [5.74, 6) is 0. The highest BCUT2D eigenvalue weighted by atomic mass is 14.6. The molecule has 0 saturated heterocycles. The van der Waals surface area contributed by atoms with E-state index in [4.69, 9.17) is 0 Å². The summed E-state index contributed by atoms with van der Waals surface area (Å²) in [6, 6.07) is 24.8. The molecule has 162 valence electrons. The van der Waals surface area contributed by atoms with Gasteiger partial charge in [0.05, 0.1) is 0 Å². The Morgan fingerprint density at radius 2 is 0.588 bits per heavy atom. The van der Waals surface area contributed by atoms with Crippen LogP contribution in [0.15, 0.2) is 122 Å². The van der Waals surface area contributed by atoms with Crippen molar-refractivity contribution in [2.45, 2.75) is 0 Å². The van der Waals surface area contributed by atoms with E-state index < -0.39 is 0 Å². The Morgan fingerprint density at radius 3 is 0.824 bits per heavy atom. The van der Waals surface area contributed by atoms with Crippen molar-refractivity contribution in [1.29, 1.82) is 0 Å². The number of pyridine rings is 4. The fourth-order valence-corrected chi connectivity index (χ4v) is 3.81. The minimum atomic E-state index is 1.11. The van der Waals surface area contributed by atoms with Crippen LogP contribution in [0.1, 0.15) is 33.4 Å². The van der Waals surface area contributed by atoms with Gasteiger partial charge in [-0.3, -0.25) is 19.9 Å². The molecule has 0 fully saturated rings. The predicted molar refractivity (Wildman–Crippen MR) is 137 cm³/mol. The molecule has 0 aliphatic heterocycles. The first kappa shape index (κ1) is 21.2. The molecule has 0 radical (unpaired) electrons. The van der Waals surface area contributed by atoms with Gasteiger partial charge in [0.2, 0.25) is 0 Å². The summed E-state index contributed by atoms with van der Waals surface area (Å²) in [5, 5.41) is 0. The average Bonchev–Trinajstić information content (AvgIpc) is 2.93. The second-order valence-corrected chi connectivity index (χ2v) is 7.73. The van der Waals surface area contributed by atoms with E-state index in [1.54, 1.807) is 0 Å². The Labute approximate surface area is 199 Å². The Kier molecular flexibility index (Phi) is 6.40. The van der Waals surface area contributed by atoms with E-state index in [1.807, 2.05) is 98.1 Å². The summed E-state index contributed by atoms with van der Waals surface area (Å²) in [5.41, 5.74) is 8.95. The Bertz CT molecular complexity index is 1200. The molecule has 5 rings (SSSR count). The molecule has 4 nitrogen and oxygen atoms in total. The molecule has 0 atom stereocenters. The van der Waals surface area contributed by atoms with Crippen molar-refractivity contribution in [3.63, 3.8) is 0 Å². The Hall–Kier alpha value is -4.70. The maximum absolute atomic E-state index is 4.16. The highest BCUT2D eigenvalue weighted by molar-refractivity contribution is 5.93. The maximum atomic E-state index is 4.16. The van der Waals surface area contributed by atoms with E-state index in [1.165, 1.54) is 0 Å². The number of hydrogen-bond acceptors (Lipinski definition) is 4. The zero-order valence-electron chi connectivity index (χ0n) is 18.5. The van der Waals surface area contributed by atoms with Crippen LogP contribution in [0.3, 0.4) is 0 Å². The van der Waals surface area contributed by atoms with Crippen molar-refractivity contribution in [3.05, 3.63) is 156 Å². The molecule has 4 heteroatoms. The molecule has 0 aliphatic carbocycles. The van der Waals surface area contributed by atoms with Crippen molar-refractivity contribution in [1.82, 2.24) is 19.9 Å². The zero-order valence-corrected chi connectivity index (χ0v) is 18.5. The van der Waals surface area contributed by atoms with E-state index in [9.17, 15) is 0 Å². The topological polar surface area (TPSA) is 51.6 Å². The molecule has 34 heavy (non-hydrogen) atoms. The highest BCUT2D eigenvalue weighted by Crippen LogP contribution is 2.27. The molecule has 0 spiro atoms. The first-order valence-corrected chi connectivity index (χ1v) is 11.0. The van der Waals surface area contributed by atoms with Gasteiger partial charge in [-0.15, -0.1) is 0 Å². The summed E-state index contributed by atoms with van der Waals surface area (Å²) >= 11 is 0. The lowest BCUT2D eigenvalue weighted by Gasteiger charge is -2.10. The standard InChI is InChI=1S/C30H22N4/c1-2-24(22-30(27-9-17-33-18-10-27)28-11-19-34-20-12-28)4-3-23(1)21-29(25-5-13-31-14-6-25)26-7-15-32-16-8-26/h1-22H. The summed E-state index contributed by atoms with van der Waals surface area (Å²) in [6.07, 6.45) is 18.9. The molecule has 0 saturated carbocycles. The summed E-state index contributed by atoms with van der Waals surface area (Å²) in [6.45, 7) is 0. The maximum Gasteiger partial charge on any atom is 0.0273 e. The van der Waals surface area contributed by atoms with Crippen LogP contribution < -0.4 is 0 Å². The number of benzene rings is 1. The minimum absolute atomic E-state index is 1.11. The minimum Gasteiger partial charge on any atom is -0.265 e. The Balaban J connectivity index is 1.52. The van der Waals surface area contributed by atoms with Crippen LogP contribution in [0.25, 0.3) is 23.3 Å². The molecule has 1 aromatic carbocycles. The Morgan fingerprint density at radius 1 is 0.353 bits per heavy atom. The van der Waals surface area contributed by atoms with Gasteiger partial charge in [0.25, 0.3) is 0 Å². The van der Waals surface area contributed by atoms with E-state index in [2.05, 4.69) is 56.4 Å². The second kappa shape index (κ2) is 10.3. The quantitative estimate of drug-likeness (QED) is 0.306. The van der Waals surface area contributed by atoms with Gasteiger partial charge in [0.1, 0.15) is 0 Å². The van der Waals surface area contributed by atoms with Gasteiger partial charge >= 0.3 is 0 Å². The van der Waals surface area contributed by atoms with E-state index in [-0.39, 0.29) is 0 Å². The van der Waals surface area contributed by atoms with Gasteiger partial charge in [-0.05, 0) is 105 Å². The van der Waals surface area contributed by atoms with Crippen LogP contribution in [0.2, 0.25) is 0 Å². The van der Waals surface area contributed by atoms with Crippen molar-refractivity contribution < 1.29 is 0 Å². The first-order valence-electron chi connectivity index (χ1n) is 11.0. The SMILES string of the molecule is C(=C(c1ccncc1)c1ccncc1)c1ccc(C=C(c2ccncc2)c2ccncc2)cc1. The second-order valence-electron chi connectivity index (χ2n) is 7.73. The van der Waals surface area contributed by atoms with Gasteiger partial charge in [-0.2, -0.15) is 0 Å². The molecule has 0 unspecified atom stereocenters. The summed E-state index contributed by atoms with van der Waals surface area (Å²) in [4.78, 5) is 16.7. The smallest absolute Gasteiger partial charge is 0.0273 e. The third kappa shape index (κ3) is 5.03. The lowest BCUT2D eigenvalue weighted by atomic mass is 9.95. The zero-order chi connectivity index (χ0) is 23.0. The lowest BCUT2D eigenvalue weighted by molar-refractivity contribution is 1.30. The monoisotopic (exact) mass is 438 g/mol. The third-order valence-corrected chi connectivity index (χ3v) is 5.52. The van der Waals surface area contributed by atoms with Crippen molar-refractivity contribution in [2.24, 2.45) is 0 Å². The molecule has 0 aliphatic rings. The van der Waals surface area contributed by atoms with Gasteiger partial charge in [0.15, 0.2) is 0 Å². The van der Waals surface area contributed by atoms with Crippen LogP contribution in [-0.4, -0.2) is 19.9 Å². The van der Waals surface area contributed by atoms with E-state index in [0.29, 0.717) is 0 Å². The number of nitrogens with zero attached hydrogens (tertiary/aromatic N) is 4. The predicted octanol–water partition coefficient (Wildman–Crippen LogP) is 6.44. The van der Waals surface area contributed by atoms with E-state index in [0.717, 1.165) is 44.5 Å². The van der Waals surface area contributed by atoms with Crippen LogP contribution in [0.5, 0.6) is 0 Å². The molecular weight excluding hydrogens is 416 g/mol. The fourth-order valence-electron chi connectivity index (χ4n) is 3.81. The number of hydrogen-bond donors (Lipinski definition) is 0. The van der Waals surface area contributed by atoms with Crippen LogP contribution in [0.4, 0.5) is 0 Å². The first-order chi connectivity index (χ1) is 16.9. The van der Waals surface area contributed by atoms with Crippen molar-refractivity contribution in [3.8, 4) is 0 Å². The van der Waals surface area contributed by atoms with Crippen molar-refractivity contribution >= 4 is 23.3 Å². The number of rotatable bonds is 6. The molecule has 0 bridgehead atoms. The normalized spacial score (nSPS) is 10.4. The summed E-state index contributed by atoms with van der Waals surface area (Å²) < 4.78 is 0.